The van der Waals surface area contributed by atoms with Gasteiger partial charge in [0.1, 0.15) is 11.6 Å². The summed E-state index contributed by atoms with van der Waals surface area (Å²) in [6.45, 7) is 0. The predicted molar refractivity (Wildman–Crippen MR) is 69.8 cm³/mol. The molecule has 0 bridgehead atoms. The molecule has 0 spiro atoms. The summed E-state index contributed by atoms with van der Waals surface area (Å²) in [7, 11) is 0. The van der Waals surface area contributed by atoms with Crippen LogP contribution in [0.15, 0.2) is 18.2 Å². The number of hydrogen-bond acceptors (Lipinski definition) is 6. The Hall–Kier alpha value is -3.10. The number of nitrogens with zero attached hydrogens (tertiary/aromatic N) is 2. The van der Waals surface area contributed by atoms with Crippen LogP contribution in [0.4, 0.5) is 5.69 Å². The molecule has 112 valence electrons. The Morgan fingerprint density at radius 2 is 1.91 bits per heavy atom. The highest BCUT2D eigenvalue weighted by Gasteiger charge is 2.47. The molecule has 1 saturated heterocycles. The highest BCUT2D eigenvalue weighted by atomic mass is 16.6. The number of piperidine rings is 1. The molecule has 1 aromatic rings. The first-order chi connectivity index (χ1) is 10.4. The molecular weight excluding hydrogens is 294 g/mol. The maximum absolute atomic E-state index is 12.4. The van der Waals surface area contributed by atoms with Gasteiger partial charge in [-0.3, -0.25) is 39.5 Å². The number of hydrogen-bond donors (Lipinski definition) is 1. The molecule has 1 unspecified atom stereocenters. The zero-order valence-corrected chi connectivity index (χ0v) is 11.1. The van der Waals surface area contributed by atoms with Crippen LogP contribution in [-0.2, 0) is 9.59 Å². The van der Waals surface area contributed by atoms with Gasteiger partial charge in [-0.1, -0.05) is 6.07 Å². The van der Waals surface area contributed by atoms with Crippen molar-refractivity contribution in [1.29, 1.82) is 0 Å². The first kappa shape index (κ1) is 13.9. The zero-order chi connectivity index (χ0) is 16.0. The molecule has 2 aliphatic rings. The minimum atomic E-state index is -1.13. The zero-order valence-electron chi connectivity index (χ0n) is 11.1. The number of imide groups is 2. The molecule has 0 aromatic heterocycles. The number of nitro groups is 1. The summed E-state index contributed by atoms with van der Waals surface area (Å²) in [5.74, 6) is -2.89. The summed E-state index contributed by atoms with van der Waals surface area (Å²) in [6, 6.07) is 2.59. The molecule has 1 atom stereocenters. The monoisotopic (exact) mass is 303 g/mol. The molecule has 1 fully saturated rings. The van der Waals surface area contributed by atoms with Crippen LogP contribution < -0.4 is 5.32 Å². The number of nitro benzene ring substituents is 1. The number of rotatable bonds is 2. The molecule has 2 heterocycles. The Kier molecular flexibility index (Phi) is 2.98. The van der Waals surface area contributed by atoms with Crippen LogP contribution in [0, 0.1) is 10.1 Å². The molecule has 1 N–H and O–H groups in total. The van der Waals surface area contributed by atoms with E-state index in [2.05, 4.69) is 5.32 Å². The SMILES string of the molecule is O=C1CCC(N2C(=O)c3cccc([N+](=O)[O-])c3C2=O)C(=O)N1. The minimum Gasteiger partial charge on any atom is -0.295 e. The average Bonchev–Trinajstić information content (AvgIpc) is 2.72. The van der Waals surface area contributed by atoms with Gasteiger partial charge in [-0.25, -0.2) is 0 Å². The molecule has 9 nitrogen and oxygen atoms in total. The number of amides is 4. The third-order valence-electron chi connectivity index (χ3n) is 3.64. The predicted octanol–water partition coefficient (Wildman–Crippen LogP) is -0.00400. The van der Waals surface area contributed by atoms with Crippen molar-refractivity contribution in [3.05, 3.63) is 39.4 Å². The van der Waals surface area contributed by atoms with Gasteiger partial charge in [-0.15, -0.1) is 0 Å². The highest BCUT2D eigenvalue weighted by Crippen LogP contribution is 2.33. The van der Waals surface area contributed by atoms with E-state index < -0.39 is 40.3 Å². The van der Waals surface area contributed by atoms with Crippen LogP contribution in [0.3, 0.4) is 0 Å². The lowest BCUT2D eigenvalue weighted by Gasteiger charge is -2.27. The Balaban J connectivity index is 2.04. The molecule has 0 aliphatic carbocycles. The molecule has 1 aromatic carbocycles. The fourth-order valence-electron chi connectivity index (χ4n) is 2.65. The van der Waals surface area contributed by atoms with E-state index in [-0.39, 0.29) is 24.0 Å². The quantitative estimate of drug-likeness (QED) is 0.465. The van der Waals surface area contributed by atoms with Crippen LogP contribution >= 0.6 is 0 Å². The molecule has 2 aliphatic heterocycles. The summed E-state index contributed by atoms with van der Waals surface area (Å²) < 4.78 is 0. The first-order valence-electron chi connectivity index (χ1n) is 6.41. The largest absolute Gasteiger partial charge is 0.295 e. The normalized spacial score (nSPS) is 20.9. The van der Waals surface area contributed by atoms with Gasteiger partial charge in [-0.2, -0.15) is 0 Å². The number of carbonyl (C=O) groups is 4. The average molecular weight is 303 g/mol. The molecule has 22 heavy (non-hydrogen) atoms. The van der Waals surface area contributed by atoms with Crippen molar-refractivity contribution < 1.29 is 24.1 Å². The van der Waals surface area contributed by atoms with Crippen molar-refractivity contribution in [3.63, 3.8) is 0 Å². The van der Waals surface area contributed by atoms with Crippen LogP contribution in [0.1, 0.15) is 33.6 Å². The van der Waals surface area contributed by atoms with E-state index in [0.29, 0.717) is 4.90 Å². The van der Waals surface area contributed by atoms with Gasteiger partial charge < -0.3 is 0 Å². The number of benzene rings is 1. The Morgan fingerprint density at radius 1 is 1.18 bits per heavy atom. The van der Waals surface area contributed by atoms with E-state index in [1.54, 1.807) is 0 Å². The molecular formula is C13H9N3O6. The van der Waals surface area contributed by atoms with Crippen LogP contribution in [0.2, 0.25) is 0 Å². The van der Waals surface area contributed by atoms with Gasteiger partial charge in [0.15, 0.2) is 0 Å². The third-order valence-corrected chi connectivity index (χ3v) is 3.64. The van der Waals surface area contributed by atoms with E-state index in [1.807, 2.05) is 0 Å². The molecule has 4 amide bonds. The third kappa shape index (κ3) is 1.86. The van der Waals surface area contributed by atoms with Crippen LogP contribution in [0.25, 0.3) is 0 Å². The van der Waals surface area contributed by atoms with Gasteiger partial charge in [0.2, 0.25) is 11.8 Å². The second kappa shape index (κ2) is 4.72. The fourth-order valence-corrected chi connectivity index (χ4v) is 2.65. The van der Waals surface area contributed by atoms with Gasteiger partial charge in [0.25, 0.3) is 17.5 Å². The van der Waals surface area contributed by atoms with Gasteiger partial charge in [-0.05, 0) is 12.5 Å². The van der Waals surface area contributed by atoms with Gasteiger partial charge >= 0.3 is 0 Å². The number of fused-ring (bicyclic) bond motifs is 1. The molecule has 3 rings (SSSR count). The summed E-state index contributed by atoms with van der Waals surface area (Å²) in [4.78, 5) is 58.7. The summed E-state index contributed by atoms with van der Waals surface area (Å²) in [6.07, 6.45) is -0.00413. The number of carbonyl (C=O) groups excluding carboxylic acids is 4. The van der Waals surface area contributed by atoms with Crippen molar-refractivity contribution in [1.82, 2.24) is 10.2 Å². The molecule has 9 heteroatoms. The summed E-state index contributed by atoms with van der Waals surface area (Å²) in [5, 5.41) is 13.1. The van der Waals surface area contributed by atoms with Crippen molar-refractivity contribution in [2.24, 2.45) is 0 Å². The Labute approximate surface area is 123 Å². The van der Waals surface area contributed by atoms with E-state index in [0.717, 1.165) is 6.07 Å². The molecule has 0 saturated carbocycles. The topological polar surface area (TPSA) is 127 Å². The standard InChI is InChI=1S/C13H9N3O6/c17-9-5-4-8(11(18)14-9)15-12(19)6-2-1-3-7(16(21)22)10(6)13(15)20/h1-3,8H,4-5H2,(H,14,17,18). The maximum atomic E-state index is 12.4. The van der Waals surface area contributed by atoms with E-state index >= 15 is 0 Å². The first-order valence-corrected chi connectivity index (χ1v) is 6.41. The van der Waals surface area contributed by atoms with Gasteiger partial charge in [0.05, 0.1) is 10.5 Å². The highest BCUT2D eigenvalue weighted by molar-refractivity contribution is 6.25. The van der Waals surface area contributed by atoms with Crippen molar-refractivity contribution >= 4 is 29.3 Å². The van der Waals surface area contributed by atoms with Crippen LogP contribution in [0.5, 0.6) is 0 Å². The minimum absolute atomic E-state index is 0.00390. The van der Waals surface area contributed by atoms with E-state index in [9.17, 15) is 29.3 Å². The van der Waals surface area contributed by atoms with E-state index in [4.69, 9.17) is 0 Å². The lowest BCUT2D eigenvalue weighted by atomic mass is 10.0. The maximum Gasteiger partial charge on any atom is 0.282 e. The van der Waals surface area contributed by atoms with Crippen molar-refractivity contribution in [2.75, 3.05) is 0 Å². The smallest absolute Gasteiger partial charge is 0.282 e. The Bertz CT molecular complexity index is 756. The second-order valence-corrected chi connectivity index (χ2v) is 4.90. The van der Waals surface area contributed by atoms with Crippen LogP contribution in [-0.4, -0.2) is 39.5 Å². The summed E-state index contributed by atoms with van der Waals surface area (Å²) in [5.41, 5.74) is -0.906. The molecule has 0 radical (unpaired) electrons. The lowest BCUT2D eigenvalue weighted by molar-refractivity contribution is -0.385. The Morgan fingerprint density at radius 3 is 2.55 bits per heavy atom. The fraction of sp³-hybridized carbons (Fsp3) is 0.231. The van der Waals surface area contributed by atoms with Gasteiger partial charge in [0, 0.05) is 12.5 Å². The van der Waals surface area contributed by atoms with E-state index in [1.165, 1.54) is 12.1 Å². The van der Waals surface area contributed by atoms with Crippen molar-refractivity contribution in [3.8, 4) is 0 Å². The second-order valence-electron chi connectivity index (χ2n) is 4.90. The van der Waals surface area contributed by atoms with Crippen molar-refractivity contribution in [2.45, 2.75) is 18.9 Å². The lowest BCUT2D eigenvalue weighted by Crippen LogP contribution is -2.54. The summed E-state index contributed by atoms with van der Waals surface area (Å²) >= 11 is 0. The number of nitrogens with one attached hydrogen (secondary N) is 1.